The third-order valence-electron chi connectivity index (χ3n) is 5.52. The normalized spacial score (nSPS) is 11.4. The molecule has 0 saturated heterocycles. The molecule has 0 bridgehead atoms. The van der Waals surface area contributed by atoms with Gasteiger partial charge in [0, 0.05) is 41.5 Å². The van der Waals surface area contributed by atoms with Crippen LogP contribution in [0.15, 0.2) is 67.4 Å². The number of nitrogens with zero attached hydrogens (tertiary/aromatic N) is 5. The molecule has 0 saturated carbocycles. The summed E-state index contributed by atoms with van der Waals surface area (Å²) in [5.41, 5.74) is 7.28. The van der Waals surface area contributed by atoms with Gasteiger partial charge in [-0.15, -0.1) is 0 Å². The molecule has 5 heterocycles. The first-order valence-electron chi connectivity index (χ1n) is 10.0. The Morgan fingerprint density at radius 3 is 2.69 bits per heavy atom. The number of aromatic amines is 2. The lowest BCUT2D eigenvalue weighted by atomic mass is 10.0. The lowest BCUT2D eigenvalue weighted by Gasteiger charge is -2.04. The van der Waals surface area contributed by atoms with Gasteiger partial charge in [0.05, 0.1) is 22.6 Å². The molecule has 1 aromatic carbocycles. The van der Waals surface area contributed by atoms with E-state index in [1.807, 2.05) is 31.3 Å². The molecule has 0 radical (unpaired) electrons. The van der Waals surface area contributed by atoms with E-state index in [1.165, 1.54) is 12.1 Å². The first-order valence-corrected chi connectivity index (χ1v) is 10.0. The Morgan fingerprint density at radius 2 is 1.81 bits per heavy atom. The molecule has 0 aliphatic carbocycles. The van der Waals surface area contributed by atoms with E-state index in [4.69, 9.17) is 4.98 Å². The first-order chi connectivity index (χ1) is 15.7. The molecular weight excluding hydrogens is 405 g/mol. The summed E-state index contributed by atoms with van der Waals surface area (Å²) in [5, 5.41) is 8.27. The van der Waals surface area contributed by atoms with Crippen LogP contribution in [0.1, 0.15) is 5.56 Å². The molecule has 154 valence electrons. The van der Waals surface area contributed by atoms with Crippen LogP contribution in [0.25, 0.3) is 55.8 Å². The Bertz CT molecular complexity index is 1620. The summed E-state index contributed by atoms with van der Waals surface area (Å²) in [4.78, 5) is 21.2. The Morgan fingerprint density at radius 1 is 0.906 bits per heavy atom. The number of aromatic nitrogens is 7. The molecule has 6 rings (SSSR count). The molecule has 8 heteroatoms. The molecule has 0 aliphatic heterocycles. The van der Waals surface area contributed by atoms with Crippen LogP contribution in [-0.4, -0.2) is 35.1 Å². The van der Waals surface area contributed by atoms with E-state index < -0.39 is 0 Å². The molecule has 7 nitrogen and oxygen atoms in total. The topological polar surface area (TPSA) is 96.0 Å². The van der Waals surface area contributed by atoms with Crippen LogP contribution in [0.3, 0.4) is 0 Å². The number of pyridine rings is 3. The highest BCUT2D eigenvalue weighted by atomic mass is 19.1. The summed E-state index contributed by atoms with van der Waals surface area (Å²) < 4.78 is 13.8. The predicted molar refractivity (Wildman–Crippen MR) is 120 cm³/mol. The molecule has 6 aromatic rings. The zero-order chi connectivity index (χ0) is 21.7. The van der Waals surface area contributed by atoms with Crippen LogP contribution in [-0.2, 0) is 0 Å². The largest absolute Gasteiger partial charge is 0.335 e. The van der Waals surface area contributed by atoms with E-state index >= 15 is 0 Å². The maximum atomic E-state index is 13.8. The van der Waals surface area contributed by atoms with Crippen LogP contribution >= 0.6 is 0 Å². The van der Waals surface area contributed by atoms with Gasteiger partial charge in [-0.25, -0.2) is 14.4 Å². The number of benzene rings is 1. The van der Waals surface area contributed by atoms with Crippen LogP contribution < -0.4 is 0 Å². The summed E-state index contributed by atoms with van der Waals surface area (Å²) in [6.07, 6.45) is 8.79. The number of nitrogens with one attached hydrogen (secondary N) is 2. The molecule has 0 amide bonds. The third-order valence-corrected chi connectivity index (χ3v) is 5.52. The average Bonchev–Trinajstić information content (AvgIpc) is 3.42. The maximum absolute atomic E-state index is 13.8. The summed E-state index contributed by atoms with van der Waals surface area (Å²) in [6.45, 7) is 2.04. The van der Waals surface area contributed by atoms with Crippen LogP contribution in [0.5, 0.6) is 0 Å². The van der Waals surface area contributed by atoms with Crippen LogP contribution in [0.2, 0.25) is 0 Å². The van der Waals surface area contributed by atoms with Gasteiger partial charge in [-0.2, -0.15) is 5.10 Å². The van der Waals surface area contributed by atoms with E-state index in [9.17, 15) is 4.39 Å². The average molecular weight is 421 g/mol. The van der Waals surface area contributed by atoms with Crippen molar-refractivity contribution < 1.29 is 4.39 Å². The molecule has 0 aliphatic rings. The van der Waals surface area contributed by atoms with Crippen LogP contribution in [0, 0.1) is 12.7 Å². The first kappa shape index (κ1) is 18.3. The molecule has 0 fully saturated rings. The van der Waals surface area contributed by atoms with Gasteiger partial charge in [0.1, 0.15) is 11.5 Å². The van der Waals surface area contributed by atoms with Gasteiger partial charge in [0.25, 0.3) is 0 Å². The minimum Gasteiger partial charge on any atom is -0.335 e. The second-order valence-corrected chi connectivity index (χ2v) is 7.56. The molecule has 0 unspecified atom stereocenters. The number of fused-ring (bicyclic) bond motifs is 2. The molecule has 5 aromatic heterocycles. The minimum absolute atomic E-state index is 0.308. The second-order valence-electron chi connectivity index (χ2n) is 7.56. The van der Waals surface area contributed by atoms with Crippen LogP contribution in [0.4, 0.5) is 4.39 Å². The maximum Gasteiger partial charge on any atom is 0.159 e. The van der Waals surface area contributed by atoms with Crippen molar-refractivity contribution in [1.29, 1.82) is 0 Å². The van der Waals surface area contributed by atoms with Gasteiger partial charge in [-0.05, 0) is 42.3 Å². The van der Waals surface area contributed by atoms with Gasteiger partial charge in [-0.1, -0.05) is 12.1 Å². The van der Waals surface area contributed by atoms with E-state index in [-0.39, 0.29) is 5.82 Å². The lowest BCUT2D eigenvalue weighted by molar-refractivity contribution is 0.628. The number of hydrogen-bond acceptors (Lipinski definition) is 5. The smallest absolute Gasteiger partial charge is 0.159 e. The third kappa shape index (κ3) is 2.92. The molecule has 2 N–H and O–H groups in total. The van der Waals surface area contributed by atoms with E-state index in [2.05, 4.69) is 30.1 Å². The number of halogens is 1. The van der Waals surface area contributed by atoms with Crippen molar-refractivity contribution in [3.8, 4) is 33.8 Å². The number of rotatable bonds is 3. The zero-order valence-electron chi connectivity index (χ0n) is 17.0. The van der Waals surface area contributed by atoms with E-state index in [0.717, 1.165) is 33.2 Å². The fourth-order valence-corrected chi connectivity index (χ4v) is 3.91. The molecule has 32 heavy (non-hydrogen) atoms. The van der Waals surface area contributed by atoms with Crippen molar-refractivity contribution in [3.05, 3.63) is 78.8 Å². The SMILES string of the molecule is Cc1ccncc1-c1cnc2[nH]nc(-c3nc4c(-c5cccc(F)c5)cncc4[nH]3)c2c1. The number of hydrogen-bond donors (Lipinski definition) is 2. The summed E-state index contributed by atoms with van der Waals surface area (Å²) in [7, 11) is 0. The van der Waals surface area contributed by atoms with Crippen molar-refractivity contribution in [3.63, 3.8) is 0 Å². The fraction of sp³-hybridized carbons (Fsp3) is 0.0417. The molecular formula is C24H16FN7. The van der Waals surface area contributed by atoms with E-state index in [0.29, 0.717) is 28.2 Å². The van der Waals surface area contributed by atoms with Gasteiger partial charge in [-0.3, -0.25) is 15.1 Å². The Labute approximate surface area is 181 Å². The Balaban J connectivity index is 1.52. The van der Waals surface area contributed by atoms with Crippen molar-refractivity contribution >= 4 is 22.1 Å². The zero-order valence-corrected chi connectivity index (χ0v) is 17.0. The van der Waals surface area contributed by atoms with Gasteiger partial charge < -0.3 is 4.98 Å². The summed E-state index contributed by atoms with van der Waals surface area (Å²) in [6, 6.07) is 10.4. The summed E-state index contributed by atoms with van der Waals surface area (Å²) in [5.74, 6) is 0.275. The molecule has 0 atom stereocenters. The second kappa shape index (κ2) is 7.05. The minimum atomic E-state index is -0.308. The highest BCUT2D eigenvalue weighted by Crippen LogP contribution is 2.32. The van der Waals surface area contributed by atoms with Crippen molar-refractivity contribution in [2.24, 2.45) is 0 Å². The monoisotopic (exact) mass is 421 g/mol. The quantitative estimate of drug-likeness (QED) is 0.416. The van der Waals surface area contributed by atoms with Crippen molar-refractivity contribution in [2.75, 3.05) is 0 Å². The number of H-pyrrole nitrogens is 2. The predicted octanol–water partition coefficient (Wildman–Crippen LogP) is 5.07. The standard InChI is InChI=1S/C24H16FN7/c1-13-5-6-26-10-18(13)15-8-17-22(31-32-23(17)28-9-15)24-29-20-12-27-11-19(21(20)30-24)14-3-2-4-16(25)7-14/h2-12H,1H3,(H,29,30)(H,28,31,32). The van der Waals surface area contributed by atoms with Gasteiger partial charge in [0.2, 0.25) is 0 Å². The fourth-order valence-electron chi connectivity index (χ4n) is 3.91. The Hall–Kier alpha value is -4.46. The highest BCUT2D eigenvalue weighted by Gasteiger charge is 2.17. The van der Waals surface area contributed by atoms with Crippen molar-refractivity contribution in [2.45, 2.75) is 6.92 Å². The lowest BCUT2D eigenvalue weighted by Crippen LogP contribution is -1.87. The van der Waals surface area contributed by atoms with E-state index in [1.54, 1.807) is 30.9 Å². The number of imidazole rings is 1. The Kier molecular flexibility index (Phi) is 4.04. The van der Waals surface area contributed by atoms with Gasteiger partial charge in [0.15, 0.2) is 11.5 Å². The molecule has 0 spiro atoms. The highest BCUT2D eigenvalue weighted by molar-refractivity contribution is 5.96. The van der Waals surface area contributed by atoms with Crippen molar-refractivity contribution in [1.82, 2.24) is 35.1 Å². The number of aryl methyl sites for hydroxylation is 1. The summed E-state index contributed by atoms with van der Waals surface area (Å²) >= 11 is 0. The van der Waals surface area contributed by atoms with Gasteiger partial charge >= 0.3 is 0 Å².